The quantitative estimate of drug-likeness (QED) is 0.650. The minimum absolute atomic E-state index is 0.520. The normalized spacial score (nSPS) is 13.7. The van der Waals surface area contributed by atoms with E-state index in [1.54, 1.807) is 18.6 Å². The summed E-state index contributed by atoms with van der Waals surface area (Å²) >= 11 is 0. The molecule has 3 rings (SSSR count). The second-order valence-corrected chi connectivity index (χ2v) is 2.79. The summed E-state index contributed by atoms with van der Waals surface area (Å²) in [6, 6.07) is 0. The Morgan fingerprint density at radius 3 is 2.71 bits per heavy atom. The summed E-state index contributed by atoms with van der Waals surface area (Å²) in [5, 5.41) is 3.06. The standard InChI is InChI=1S/C8H6N6/c1-2-10-6-5(9-1)13-7-8(14-6)12-4-3-11-7/h1-3H,4H2,(H,10,12,14). The van der Waals surface area contributed by atoms with Crippen LogP contribution in [0.4, 0.5) is 11.6 Å². The lowest BCUT2D eigenvalue weighted by molar-refractivity contribution is 1.12. The first-order chi connectivity index (χ1) is 6.93. The zero-order chi connectivity index (χ0) is 9.38. The molecule has 68 valence electrons. The van der Waals surface area contributed by atoms with Crippen molar-refractivity contribution in [2.45, 2.75) is 0 Å². The SMILES string of the molecule is C1=Nc2nc3nccnc3nc2NC1. The molecule has 14 heavy (non-hydrogen) atoms. The Morgan fingerprint density at radius 2 is 1.86 bits per heavy atom. The molecule has 1 N–H and O–H groups in total. The summed E-state index contributed by atoms with van der Waals surface area (Å²) in [6.07, 6.45) is 4.93. The van der Waals surface area contributed by atoms with E-state index in [2.05, 4.69) is 30.2 Å². The molecule has 3 heterocycles. The van der Waals surface area contributed by atoms with Crippen LogP contribution in [0.2, 0.25) is 0 Å². The molecule has 0 unspecified atom stereocenters. The van der Waals surface area contributed by atoms with Crippen LogP contribution >= 0.6 is 0 Å². The topological polar surface area (TPSA) is 76.0 Å². The third-order valence-electron chi connectivity index (χ3n) is 1.88. The highest BCUT2D eigenvalue weighted by molar-refractivity contribution is 5.80. The minimum atomic E-state index is 0.520. The van der Waals surface area contributed by atoms with Gasteiger partial charge in [-0.05, 0) is 0 Å². The largest absolute Gasteiger partial charge is 0.362 e. The molecular formula is C8H6N6. The van der Waals surface area contributed by atoms with E-state index >= 15 is 0 Å². The van der Waals surface area contributed by atoms with Crippen molar-refractivity contribution in [2.75, 3.05) is 11.9 Å². The lowest BCUT2D eigenvalue weighted by atomic mass is 10.4. The molecule has 0 bridgehead atoms. The molecular weight excluding hydrogens is 180 g/mol. The molecule has 0 saturated carbocycles. The van der Waals surface area contributed by atoms with Gasteiger partial charge in [0.25, 0.3) is 0 Å². The van der Waals surface area contributed by atoms with Crippen LogP contribution in [-0.4, -0.2) is 32.7 Å². The van der Waals surface area contributed by atoms with Crippen LogP contribution in [-0.2, 0) is 0 Å². The van der Waals surface area contributed by atoms with E-state index in [1.165, 1.54) is 0 Å². The Bertz CT molecular complexity index is 520. The highest BCUT2D eigenvalue weighted by Crippen LogP contribution is 2.22. The Morgan fingerprint density at radius 1 is 1.07 bits per heavy atom. The number of nitrogens with one attached hydrogen (secondary N) is 1. The molecule has 1 aliphatic heterocycles. The monoisotopic (exact) mass is 186 g/mol. The second-order valence-electron chi connectivity index (χ2n) is 2.79. The number of hydrogen-bond acceptors (Lipinski definition) is 6. The summed E-state index contributed by atoms with van der Waals surface area (Å²) in [5.74, 6) is 1.24. The van der Waals surface area contributed by atoms with Crippen LogP contribution in [0.5, 0.6) is 0 Å². The smallest absolute Gasteiger partial charge is 0.199 e. The minimum Gasteiger partial charge on any atom is -0.362 e. The van der Waals surface area contributed by atoms with Gasteiger partial charge in [0.15, 0.2) is 22.9 Å². The van der Waals surface area contributed by atoms with Crippen LogP contribution in [0.25, 0.3) is 11.3 Å². The van der Waals surface area contributed by atoms with Gasteiger partial charge in [0, 0.05) is 18.6 Å². The molecule has 6 heteroatoms. The van der Waals surface area contributed by atoms with E-state index in [0.29, 0.717) is 29.5 Å². The number of aromatic nitrogens is 4. The van der Waals surface area contributed by atoms with Crippen LogP contribution < -0.4 is 5.32 Å². The maximum absolute atomic E-state index is 4.25. The molecule has 0 fully saturated rings. The number of nitrogens with zero attached hydrogens (tertiary/aromatic N) is 5. The average Bonchev–Trinajstić information content (AvgIpc) is 2.26. The summed E-state index contributed by atoms with van der Waals surface area (Å²) in [7, 11) is 0. The summed E-state index contributed by atoms with van der Waals surface area (Å²) < 4.78 is 0. The van der Waals surface area contributed by atoms with Crippen LogP contribution in [0, 0.1) is 0 Å². The molecule has 2 aromatic heterocycles. The lowest BCUT2D eigenvalue weighted by Gasteiger charge is -2.09. The van der Waals surface area contributed by atoms with Gasteiger partial charge < -0.3 is 5.32 Å². The zero-order valence-corrected chi connectivity index (χ0v) is 7.18. The molecule has 0 atom stereocenters. The number of fused-ring (bicyclic) bond motifs is 2. The maximum Gasteiger partial charge on any atom is 0.199 e. The number of aliphatic imine (C=N–C) groups is 1. The first-order valence-electron chi connectivity index (χ1n) is 4.18. The third kappa shape index (κ3) is 1.00. The second kappa shape index (κ2) is 2.69. The predicted molar refractivity (Wildman–Crippen MR) is 51.8 cm³/mol. The van der Waals surface area contributed by atoms with Gasteiger partial charge in [-0.15, -0.1) is 0 Å². The molecule has 2 aromatic rings. The molecule has 0 amide bonds. The van der Waals surface area contributed by atoms with Crippen molar-refractivity contribution in [3.8, 4) is 0 Å². The van der Waals surface area contributed by atoms with Gasteiger partial charge in [0.1, 0.15) is 0 Å². The Labute approximate surface area is 79.2 Å². The Balaban J connectivity index is 2.34. The van der Waals surface area contributed by atoms with E-state index < -0.39 is 0 Å². The van der Waals surface area contributed by atoms with Gasteiger partial charge in [-0.3, -0.25) is 0 Å². The molecule has 1 aliphatic rings. The first-order valence-corrected chi connectivity index (χ1v) is 4.18. The van der Waals surface area contributed by atoms with Crippen molar-refractivity contribution in [3.05, 3.63) is 12.4 Å². The predicted octanol–water partition coefficient (Wildman–Crippen LogP) is 0.548. The van der Waals surface area contributed by atoms with Crippen LogP contribution in [0.1, 0.15) is 0 Å². The summed E-state index contributed by atoms with van der Waals surface area (Å²) in [4.78, 5) is 20.7. The fourth-order valence-electron chi connectivity index (χ4n) is 1.27. The van der Waals surface area contributed by atoms with Gasteiger partial charge >= 0.3 is 0 Å². The van der Waals surface area contributed by atoms with Crippen molar-refractivity contribution < 1.29 is 0 Å². The van der Waals surface area contributed by atoms with Gasteiger partial charge in [-0.2, -0.15) is 0 Å². The van der Waals surface area contributed by atoms with Crippen molar-refractivity contribution in [3.63, 3.8) is 0 Å². The Kier molecular flexibility index (Phi) is 1.41. The number of anilines is 1. The van der Waals surface area contributed by atoms with E-state index in [0.717, 1.165) is 0 Å². The van der Waals surface area contributed by atoms with Gasteiger partial charge in [0.05, 0.1) is 6.54 Å². The van der Waals surface area contributed by atoms with E-state index in [-0.39, 0.29) is 0 Å². The maximum atomic E-state index is 4.25. The summed E-state index contributed by atoms with van der Waals surface area (Å²) in [6.45, 7) is 0.674. The highest BCUT2D eigenvalue weighted by Gasteiger charge is 2.10. The fraction of sp³-hybridized carbons (Fsp3) is 0.125. The number of rotatable bonds is 0. The van der Waals surface area contributed by atoms with Crippen molar-refractivity contribution in [2.24, 2.45) is 4.99 Å². The highest BCUT2D eigenvalue weighted by atomic mass is 15.1. The third-order valence-corrected chi connectivity index (χ3v) is 1.88. The van der Waals surface area contributed by atoms with Crippen LogP contribution in [0.15, 0.2) is 17.4 Å². The van der Waals surface area contributed by atoms with Gasteiger partial charge in [0.2, 0.25) is 0 Å². The van der Waals surface area contributed by atoms with Gasteiger partial charge in [-0.25, -0.2) is 24.9 Å². The van der Waals surface area contributed by atoms with E-state index in [9.17, 15) is 0 Å². The summed E-state index contributed by atoms with van der Waals surface area (Å²) in [5.41, 5.74) is 1.06. The molecule has 0 saturated heterocycles. The van der Waals surface area contributed by atoms with E-state index in [4.69, 9.17) is 0 Å². The molecule has 0 radical (unpaired) electrons. The zero-order valence-electron chi connectivity index (χ0n) is 7.18. The fourth-order valence-corrected chi connectivity index (χ4v) is 1.27. The Hall–Kier alpha value is -2.11. The molecule has 0 aromatic carbocycles. The lowest BCUT2D eigenvalue weighted by Crippen LogP contribution is -2.10. The molecule has 0 spiro atoms. The average molecular weight is 186 g/mol. The van der Waals surface area contributed by atoms with Crippen molar-refractivity contribution in [1.82, 2.24) is 19.9 Å². The van der Waals surface area contributed by atoms with Crippen molar-refractivity contribution >= 4 is 29.1 Å². The van der Waals surface area contributed by atoms with Crippen molar-refractivity contribution in [1.29, 1.82) is 0 Å². The number of hydrogen-bond donors (Lipinski definition) is 1. The molecule has 0 aliphatic carbocycles. The molecule has 6 nitrogen and oxygen atoms in total. The van der Waals surface area contributed by atoms with Crippen LogP contribution in [0.3, 0.4) is 0 Å². The first kappa shape index (κ1) is 7.31. The van der Waals surface area contributed by atoms with E-state index in [1.807, 2.05) is 0 Å². The van der Waals surface area contributed by atoms with Gasteiger partial charge in [-0.1, -0.05) is 0 Å².